The van der Waals surface area contributed by atoms with Crippen LogP contribution in [0.1, 0.15) is 0 Å². The van der Waals surface area contributed by atoms with E-state index in [2.05, 4.69) is 6.26 Å². The zero-order valence-corrected chi connectivity index (χ0v) is 8.92. The summed E-state index contributed by atoms with van der Waals surface area (Å²) >= 11 is 0. The molecule has 0 fully saturated rings. The molecule has 0 aliphatic heterocycles. The average molecular weight is 156 g/mol. The van der Waals surface area contributed by atoms with E-state index in [-0.39, 0.29) is 51.4 Å². The van der Waals surface area contributed by atoms with E-state index in [1.807, 2.05) is 30.3 Å². The molecule has 0 N–H and O–H groups in total. The van der Waals surface area contributed by atoms with Gasteiger partial charge in [0, 0.05) is 0 Å². The molecule has 0 bridgehead atoms. The molecule has 0 unspecified atom stereocenters. The maximum atomic E-state index is 4.99. The molecular formula is C8H5KO. The summed E-state index contributed by atoms with van der Waals surface area (Å²) < 4.78 is 4.99. The van der Waals surface area contributed by atoms with Crippen LogP contribution in [-0.4, -0.2) is 0 Å². The van der Waals surface area contributed by atoms with E-state index in [1.54, 1.807) is 0 Å². The largest absolute Gasteiger partial charge is 1.00 e. The Bertz CT molecular complexity index is 283. The first-order chi connectivity index (χ1) is 4.47. The minimum Gasteiger partial charge on any atom is -0.591 e. The predicted octanol–water partition coefficient (Wildman–Crippen LogP) is -0.763. The third kappa shape index (κ3) is 1.52. The molecule has 0 spiro atoms. The molecule has 10 heavy (non-hydrogen) atoms. The standard InChI is InChI=1S/C8H5O.K/c1-2-4-8-7(3-1)5-6-9-8;/h1-5H;/q-1;+1. The van der Waals surface area contributed by atoms with Gasteiger partial charge in [0.05, 0.1) is 0 Å². The number of furan rings is 1. The van der Waals surface area contributed by atoms with E-state index >= 15 is 0 Å². The molecule has 0 saturated heterocycles. The minimum absolute atomic E-state index is 0. The van der Waals surface area contributed by atoms with Crippen molar-refractivity contribution in [2.24, 2.45) is 0 Å². The van der Waals surface area contributed by atoms with Crippen molar-refractivity contribution < 1.29 is 55.8 Å². The van der Waals surface area contributed by atoms with Crippen LogP contribution in [0.2, 0.25) is 0 Å². The van der Waals surface area contributed by atoms with Crippen molar-refractivity contribution in [3.05, 3.63) is 36.6 Å². The molecule has 2 heteroatoms. The molecule has 44 valence electrons. The van der Waals surface area contributed by atoms with E-state index in [4.69, 9.17) is 4.42 Å². The smallest absolute Gasteiger partial charge is 0.591 e. The first-order valence-electron chi connectivity index (χ1n) is 2.81. The Kier molecular flexibility index (Phi) is 3.13. The van der Waals surface area contributed by atoms with E-state index in [0.29, 0.717) is 0 Å². The van der Waals surface area contributed by atoms with Gasteiger partial charge < -0.3 is 4.42 Å². The van der Waals surface area contributed by atoms with E-state index in [1.165, 1.54) is 0 Å². The Balaban J connectivity index is 0.000000500. The van der Waals surface area contributed by atoms with Crippen LogP contribution < -0.4 is 51.4 Å². The van der Waals surface area contributed by atoms with Gasteiger partial charge in [-0.05, 0) is 11.8 Å². The van der Waals surface area contributed by atoms with Crippen LogP contribution >= 0.6 is 0 Å². The Hall–Kier alpha value is 0.396. The van der Waals surface area contributed by atoms with Crippen molar-refractivity contribution in [3.63, 3.8) is 0 Å². The van der Waals surface area contributed by atoms with Crippen LogP contribution in [0.25, 0.3) is 11.0 Å². The molecule has 1 nitrogen and oxygen atoms in total. The number of rotatable bonds is 0. The fourth-order valence-corrected chi connectivity index (χ4v) is 0.849. The summed E-state index contributed by atoms with van der Waals surface area (Å²) in [6.45, 7) is 0. The molecule has 0 aliphatic carbocycles. The fourth-order valence-electron chi connectivity index (χ4n) is 0.849. The SMILES string of the molecule is [K+].[c-]1cc2ccccc2o1. The van der Waals surface area contributed by atoms with Gasteiger partial charge in [0.1, 0.15) is 0 Å². The molecule has 0 saturated carbocycles. The quantitative estimate of drug-likeness (QED) is 0.361. The first-order valence-corrected chi connectivity index (χ1v) is 2.81. The van der Waals surface area contributed by atoms with Crippen molar-refractivity contribution in [2.45, 2.75) is 0 Å². The second-order valence-corrected chi connectivity index (χ2v) is 1.90. The van der Waals surface area contributed by atoms with Crippen molar-refractivity contribution in [1.82, 2.24) is 0 Å². The topological polar surface area (TPSA) is 13.1 Å². The summed E-state index contributed by atoms with van der Waals surface area (Å²) in [7, 11) is 0. The summed E-state index contributed by atoms with van der Waals surface area (Å²) in [5.74, 6) is 0. The van der Waals surface area contributed by atoms with Crippen LogP contribution in [0.3, 0.4) is 0 Å². The third-order valence-corrected chi connectivity index (χ3v) is 1.30. The van der Waals surface area contributed by atoms with Gasteiger partial charge in [-0.15, -0.1) is 17.5 Å². The van der Waals surface area contributed by atoms with E-state index in [0.717, 1.165) is 11.0 Å². The number of fused-ring (bicyclic) bond motifs is 1. The average Bonchev–Trinajstić information content (AvgIpc) is 2.33. The second-order valence-electron chi connectivity index (χ2n) is 1.90. The summed E-state index contributed by atoms with van der Waals surface area (Å²) in [6, 6.07) is 9.67. The van der Waals surface area contributed by atoms with E-state index in [9.17, 15) is 0 Å². The van der Waals surface area contributed by atoms with Crippen LogP contribution in [-0.2, 0) is 0 Å². The molecular weight excluding hydrogens is 151 g/mol. The van der Waals surface area contributed by atoms with Crippen LogP contribution in [0.4, 0.5) is 0 Å². The summed E-state index contributed by atoms with van der Waals surface area (Å²) in [6.07, 6.45) is 2.66. The molecule has 0 atom stereocenters. The number of para-hydroxylation sites is 1. The van der Waals surface area contributed by atoms with Crippen molar-refractivity contribution in [1.29, 1.82) is 0 Å². The maximum Gasteiger partial charge on any atom is 1.00 e. The van der Waals surface area contributed by atoms with Crippen LogP contribution in [0, 0.1) is 6.26 Å². The van der Waals surface area contributed by atoms with Crippen LogP contribution in [0.5, 0.6) is 0 Å². The molecule has 2 rings (SSSR count). The summed E-state index contributed by atoms with van der Waals surface area (Å²) in [5, 5.41) is 1.11. The van der Waals surface area contributed by atoms with Gasteiger partial charge in [-0.1, -0.05) is 18.2 Å². The first kappa shape index (κ1) is 8.49. The summed E-state index contributed by atoms with van der Waals surface area (Å²) in [5.41, 5.74) is 0.900. The van der Waals surface area contributed by atoms with Gasteiger partial charge in [0.25, 0.3) is 0 Å². The number of hydrogen-bond acceptors (Lipinski definition) is 1. The zero-order chi connectivity index (χ0) is 6.10. The number of benzene rings is 1. The molecule has 1 heterocycles. The molecule has 0 amide bonds. The zero-order valence-electron chi connectivity index (χ0n) is 5.79. The predicted molar refractivity (Wildman–Crippen MR) is 35.1 cm³/mol. The Labute approximate surface area is 102 Å². The van der Waals surface area contributed by atoms with Crippen molar-refractivity contribution in [3.8, 4) is 0 Å². The van der Waals surface area contributed by atoms with Gasteiger partial charge in [-0.3, -0.25) is 0 Å². The Morgan fingerprint density at radius 3 is 2.80 bits per heavy atom. The molecule has 0 aliphatic rings. The van der Waals surface area contributed by atoms with E-state index < -0.39 is 0 Å². The molecule has 0 radical (unpaired) electrons. The third-order valence-electron chi connectivity index (χ3n) is 1.30. The van der Waals surface area contributed by atoms with Crippen molar-refractivity contribution >= 4 is 11.0 Å². The number of hydrogen-bond donors (Lipinski definition) is 0. The molecule has 2 aromatic rings. The fraction of sp³-hybridized carbons (Fsp3) is 0. The summed E-state index contributed by atoms with van der Waals surface area (Å²) in [4.78, 5) is 0. The minimum atomic E-state index is 0. The van der Waals surface area contributed by atoms with Gasteiger partial charge >= 0.3 is 51.4 Å². The van der Waals surface area contributed by atoms with Gasteiger partial charge in [0.15, 0.2) is 0 Å². The van der Waals surface area contributed by atoms with Crippen LogP contribution in [0.15, 0.2) is 34.7 Å². The van der Waals surface area contributed by atoms with Crippen molar-refractivity contribution in [2.75, 3.05) is 0 Å². The maximum absolute atomic E-state index is 4.99. The van der Waals surface area contributed by atoms with Gasteiger partial charge in [-0.25, -0.2) is 0 Å². The second kappa shape index (κ2) is 3.69. The monoisotopic (exact) mass is 156 g/mol. The Morgan fingerprint density at radius 1 is 1.20 bits per heavy atom. The normalized spacial score (nSPS) is 9.20. The molecule has 1 aromatic heterocycles. The Morgan fingerprint density at radius 2 is 2.00 bits per heavy atom. The van der Waals surface area contributed by atoms with Gasteiger partial charge in [-0.2, -0.15) is 0 Å². The molecule has 1 aromatic carbocycles. The van der Waals surface area contributed by atoms with Gasteiger partial charge in [0.2, 0.25) is 0 Å².